The van der Waals surface area contributed by atoms with Crippen molar-refractivity contribution in [1.82, 2.24) is 15.2 Å². The Bertz CT molecular complexity index is 1110. The molecule has 0 bridgehead atoms. The molecular formula is C21H18FN5O. The first kappa shape index (κ1) is 17.7. The van der Waals surface area contributed by atoms with Crippen LogP contribution in [0.15, 0.2) is 66.9 Å². The van der Waals surface area contributed by atoms with Gasteiger partial charge in [-0.05, 0) is 29.8 Å². The van der Waals surface area contributed by atoms with Crippen molar-refractivity contribution >= 4 is 28.4 Å². The Kier molecular flexibility index (Phi) is 4.97. The molecule has 1 amide bonds. The van der Waals surface area contributed by atoms with Crippen molar-refractivity contribution in [1.29, 1.82) is 0 Å². The van der Waals surface area contributed by atoms with Crippen LogP contribution in [0.5, 0.6) is 0 Å². The third-order valence-electron chi connectivity index (χ3n) is 4.38. The highest BCUT2D eigenvalue weighted by atomic mass is 19.1. The largest absolute Gasteiger partial charge is 0.364 e. The molecule has 0 spiro atoms. The number of halogens is 1. The van der Waals surface area contributed by atoms with Gasteiger partial charge in [0.25, 0.3) is 0 Å². The first-order valence-corrected chi connectivity index (χ1v) is 8.85. The van der Waals surface area contributed by atoms with E-state index in [0.717, 1.165) is 16.5 Å². The monoisotopic (exact) mass is 375 g/mol. The number of hydrogen-bond donors (Lipinski definition) is 3. The van der Waals surface area contributed by atoms with Crippen LogP contribution in [0.2, 0.25) is 0 Å². The number of carbonyl (C=O) groups excluding carboxylic acids is 1. The Morgan fingerprint density at radius 3 is 2.50 bits per heavy atom. The molecule has 0 aliphatic heterocycles. The number of fused-ring (bicyclic) bond motifs is 1. The minimum Gasteiger partial charge on any atom is -0.364 e. The second-order valence-corrected chi connectivity index (χ2v) is 6.33. The summed E-state index contributed by atoms with van der Waals surface area (Å²) in [6.45, 7) is 0.299. The molecular weight excluding hydrogens is 357 g/mol. The summed E-state index contributed by atoms with van der Waals surface area (Å²) in [4.78, 5) is 15.5. The van der Waals surface area contributed by atoms with E-state index in [9.17, 15) is 9.18 Å². The van der Waals surface area contributed by atoms with E-state index in [1.54, 1.807) is 30.3 Å². The summed E-state index contributed by atoms with van der Waals surface area (Å²) >= 11 is 0. The topological polar surface area (TPSA) is 82.7 Å². The summed E-state index contributed by atoms with van der Waals surface area (Å²) in [6.07, 6.45) is 2.07. The van der Waals surface area contributed by atoms with Crippen molar-refractivity contribution < 1.29 is 9.18 Å². The molecule has 0 unspecified atom stereocenters. The van der Waals surface area contributed by atoms with Gasteiger partial charge in [-0.3, -0.25) is 4.79 Å². The summed E-state index contributed by atoms with van der Waals surface area (Å²) in [5.74, 6) is 0.411. The molecule has 0 radical (unpaired) electrons. The van der Waals surface area contributed by atoms with Crippen LogP contribution in [0.3, 0.4) is 0 Å². The molecule has 4 rings (SSSR count). The predicted molar refractivity (Wildman–Crippen MR) is 106 cm³/mol. The molecule has 7 heteroatoms. The fourth-order valence-electron chi connectivity index (χ4n) is 2.96. The van der Waals surface area contributed by atoms with E-state index in [4.69, 9.17) is 0 Å². The van der Waals surface area contributed by atoms with Crippen molar-refractivity contribution in [3.05, 3.63) is 83.8 Å². The van der Waals surface area contributed by atoms with Crippen molar-refractivity contribution in [3.8, 4) is 0 Å². The molecule has 0 saturated heterocycles. The maximum Gasteiger partial charge on any atom is 0.230 e. The van der Waals surface area contributed by atoms with Gasteiger partial charge in [0.05, 0.1) is 6.42 Å². The van der Waals surface area contributed by atoms with E-state index in [1.807, 2.05) is 30.5 Å². The number of benzene rings is 2. The van der Waals surface area contributed by atoms with Crippen LogP contribution in [-0.4, -0.2) is 21.1 Å². The van der Waals surface area contributed by atoms with Gasteiger partial charge >= 0.3 is 0 Å². The molecule has 6 nitrogen and oxygen atoms in total. The highest BCUT2D eigenvalue weighted by molar-refractivity contribution is 5.95. The second kappa shape index (κ2) is 7.87. The molecule has 0 fully saturated rings. The van der Waals surface area contributed by atoms with E-state index < -0.39 is 0 Å². The van der Waals surface area contributed by atoms with Gasteiger partial charge in [0.15, 0.2) is 5.82 Å². The zero-order valence-corrected chi connectivity index (χ0v) is 14.9. The molecule has 0 aliphatic carbocycles. The van der Waals surface area contributed by atoms with E-state index in [2.05, 4.69) is 25.8 Å². The maximum absolute atomic E-state index is 13.6. The molecule has 0 atom stereocenters. The predicted octanol–water partition coefficient (Wildman–Crippen LogP) is 3.89. The Morgan fingerprint density at radius 2 is 1.68 bits per heavy atom. The molecule has 0 aliphatic rings. The summed E-state index contributed by atoms with van der Waals surface area (Å²) < 4.78 is 13.6. The lowest BCUT2D eigenvalue weighted by molar-refractivity contribution is -0.115. The van der Waals surface area contributed by atoms with Crippen molar-refractivity contribution in [2.24, 2.45) is 0 Å². The summed E-state index contributed by atoms with van der Waals surface area (Å²) in [5, 5.41) is 14.8. The van der Waals surface area contributed by atoms with Crippen molar-refractivity contribution in [2.75, 3.05) is 10.6 Å². The molecule has 28 heavy (non-hydrogen) atoms. The van der Waals surface area contributed by atoms with Crippen LogP contribution in [0.1, 0.15) is 11.1 Å². The molecule has 2 aromatic carbocycles. The summed E-state index contributed by atoms with van der Waals surface area (Å²) in [7, 11) is 0. The quantitative estimate of drug-likeness (QED) is 0.477. The zero-order chi connectivity index (χ0) is 19.3. The summed E-state index contributed by atoms with van der Waals surface area (Å²) in [5.41, 5.74) is 2.46. The van der Waals surface area contributed by atoms with Gasteiger partial charge < -0.3 is 15.6 Å². The normalized spacial score (nSPS) is 10.8. The van der Waals surface area contributed by atoms with E-state index in [1.165, 1.54) is 6.07 Å². The standard InChI is InChI=1S/C21H18FN5O/c22-17-7-3-1-5-14(17)12-24-19-9-10-20(27-26-19)25-21(28)11-15-13-23-18-8-4-2-6-16(15)18/h1-10,13,23H,11-12H2,(H,24,26)(H,25,27,28). The number of H-pyrrole nitrogens is 1. The number of nitrogens with one attached hydrogen (secondary N) is 3. The van der Waals surface area contributed by atoms with Crippen LogP contribution in [-0.2, 0) is 17.8 Å². The third kappa shape index (κ3) is 3.98. The number of amides is 1. The number of para-hydroxylation sites is 1. The van der Waals surface area contributed by atoms with Crippen molar-refractivity contribution in [2.45, 2.75) is 13.0 Å². The Balaban J connectivity index is 1.35. The maximum atomic E-state index is 13.6. The fourth-order valence-corrected chi connectivity index (χ4v) is 2.96. The molecule has 2 heterocycles. The number of aromatic nitrogens is 3. The lowest BCUT2D eigenvalue weighted by Crippen LogP contribution is -2.15. The highest BCUT2D eigenvalue weighted by Gasteiger charge is 2.10. The van der Waals surface area contributed by atoms with Crippen molar-refractivity contribution in [3.63, 3.8) is 0 Å². The van der Waals surface area contributed by atoms with Gasteiger partial charge in [0.2, 0.25) is 5.91 Å². The summed E-state index contributed by atoms with van der Waals surface area (Å²) in [6, 6.07) is 17.7. The van der Waals surface area contributed by atoms with E-state index >= 15 is 0 Å². The van der Waals surface area contributed by atoms with Gasteiger partial charge in [-0.15, -0.1) is 10.2 Å². The molecule has 0 saturated carbocycles. The van der Waals surface area contributed by atoms with Crippen LogP contribution < -0.4 is 10.6 Å². The van der Waals surface area contributed by atoms with Crippen LogP contribution in [0.25, 0.3) is 10.9 Å². The molecule has 2 aromatic heterocycles. The van der Waals surface area contributed by atoms with Crippen LogP contribution >= 0.6 is 0 Å². The lowest BCUT2D eigenvalue weighted by Gasteiger charge is -2.07. The average Bonchev–Trinajstić information content (AvgIpc) is 3.11. The molecule has 140 valence electrons. The average molecular weight is 375 g/mol. The first-order valence-electron chi connectivity index (χ1n) is 8.85. The van der Waals surface area contributed by atoms with Crippen LogP contribution in [0.4, 0.5) is 16.0 Å². The number of carbonyl (C=O) groups is 1. The van der Waals surface area contributed by atoms with E-state index in [-0.39, 0.29) is 18.1 Å². The van der Waals surface area contributed by atoms with Gasteiger partial charge in [-0.1, -0.05) is 36.4 Å². The number of aromatic amines is 1. The fraction of sp³-hybridized carbons (Fsp3) is 0.0952. The van der Waals surface area contributed by atoms with Gasteiger partial charge in [0.1, 0.15) is 11.6 Å². The highest BCUT2D eigenvalue weighted by Crippen LogP contribution is 2.18. The minimum absolute atomic E-state index is 0.175. The zero-order valence-electron chi connectivity index (χ0n) is 14.9. The third-order valence-corrected chi connectivity index (χ3v) is 4.38. The first-order chi connectivity index (χ1) is 13.7. The van der Waals surface area contributed by atoms with Crippen LogP contribution in [0, 0.1) is 5.82 Å². The number of rotatable bonds is 6. The van der Waals surface area contributed by atoms with Gasteiger partial charge in [0, 0.05) is 29.2 Å². The number of anilines is 2. The Morgan fingerprint density at radius 1 is 0.929 bits per heavy atom. The second-order valence-electron chi connectivity index (χ2n) is 6.33. The SMILES string of the molecule is O=C(Cc1c[nH]c2ccccc12)Nc1ccc(NCc2ccccc2F)nn1. The minimum atomic E-state index is -0.274. The number of nitrogens with zero attached hydrogens (tertiary/aromatic N) is 2. The van der Waals surface area contributed by atoms with E-state index in [0.29, 0.717) is 23.7 Å². The lowest BCUT2D eigenvalue weighted by atomic mass is 10.1. The Hall–Kier alpha value is -3.74. The van der Waals surface area contributed by atoms with Gasteiger partial charge in [-0.25, -0.2) is 4.39 Å². The smallest absolute Gasteiger partial charge is 0.230 e. The molecule has 3 N–H and O–H groups in total. The molecule has 4 aromatic rings. The van der Waals surface area contributed by atoms with Gasteiger partial charge in [-0.2, -0.15) is 0 Å². The number of hydrogen-bond acceptors (Lipinski definition) is 4. The Labute approximate surface area is 160 Å².